The lowest BCUT2D eigenvalue weighted by Gasteiger charge is -2.17. The maximum absolute atomic E-state index is 8.23. The number of hydrogen-bond donors (Lipinski definition) is 0. The number of hydrogen-bond acceptors (Lipinski definition) is 1. The van der Waals surface area contributed by atoms with Gasteiger partial charge >= 0.3 is 0 Å². The van der Waals surface area contributed by atoms with E-state index in [1.807, 2.05) is 13.8 Å². The van der Waals surface area contributed by atoms with Gasteiger partial charge < -0.3 is 0 Å². The van der Waals surface area contributed by atoms with E-state index in [0.29, 0.717) is 0 Å². The van der Waals surface area contributed by atoms with Gasteiger partial charge in [0.1, 0.15) is 0 Å². The third kappa shape index (κ3) is 2.99. The summed E-state index contributed by atoms with van der Waals surface area (Å²) in [5.41, 5.74) is -0.352. The minimum absolute atomic E-state index is 0.352. The van der Waals surface area contributed by atoms with Crippen molar-refractivity contribution in [2.24, 2.45) is 0 Å². The summed E-state index contributed by atoms with van der Waals surface area (Å²) in [6.45, 7) is 5.77. The predicted octanol–water partition coefficient (Wildman–Crippen LogP) is 1.57. The van der Waals surface area contributed by atoms with Gasteiger partial charge in [-0.1, -0.05) is 13.3 Å². The van der Waals surface area contributed by atoms with E-state index in [2.05, 4.69) is 11.8 Å². The highest BCUT2D eigenvalue weighted by molar-refractivity contribution is 4.64. The second-order valence-corrected chi connectivity index (χ2v) is 2.60. The van der Waals surface area contributed by atoms with E-state index in [9.17, 15) is 0 Å². The quantitative estimate of drug-likeness (QED) is 0.513. The minimum atomic E-state index is -0.352. The topological polar surface area (TPSA) is 31.5 Å². The fraction of sp³-hybridized carbons (Fsp3) is 1.00. The molecule has 48 valence electrons. The Morgan fingerprint density at radius 3 is 2.12 bits per heavy atom. The van der Waals surface area contributed by atoms with Gasteiger partial charge in [-0.2, -0.15) is 0 Å². The van der Waals surface area contributed by atoms with Gasteiger partial charge in [-0.25, -0.2) is 0 Å². The van der Waals surface area contributed by atoms with Crippen molar-refractivity contribution in [1.82, 2.24) is 5.90 Å². The molecule has 0 atom stereocenters. The monoisotopic (exact) mass is 115 g/mol. The van der Waals surface area contributed by atoms with E-state index in [-0.39, 0.29) is 5.60 Å². The van der Waals surface area contributed by atoms with Crippen LogP contribution in [0.2, 0.25) is 0 Å². The van der Waals surface area contributed by atoms with Crippen LogP contribution >= 0.6 is 0 Å². The molecule has 0 aliphatic heterocycles. The molecule has 0 bridgehead atoms. The highest BCUT2D eigenvalue weighted by Crippen LogP contribution is 2.13. The summed E-state index contributed by atoms with van der Waals surface area (Å²) in [5.74, 6) is 8.23. The van der Waals surface area contributed by atoms with Crippen LogP contribution in [0.25, 0.3) is 0 Å². The summed E-state index contributed by atoms with van der Waals surface area (Å²) in [7, 11) is 0. The van der Waals surface area contributed by atoms with Crippen LogP contribution in [-0.2, 0) is 4.84 Å². The summed E-state index contributed by atoms with van der Waals surface area (Å²) >= 11 is 0. The first-order valence-electron chi connectivity index (χ1n) is 2.95. The second-order valence-electron chi connectivity index (χ2n) is 2.60. The van der Waals surface area contributed by atoms with Crippen molar-refractivity contribution < 1.29 is 4.84 Å². The summed E-state index contributed by atoms with van der Waals surface area (Å²) in [6.07, 6.45) is 1.93. The Labute approximate surface area is 51.0 Å². The third-order valence-electron chi connectivity index (χ3n) is 1.10. The third-order valence-corrected chi connectivity index (χ3v) is 1.10. The fourth-order valence-electron chi connectivity index (χ4n) is 0.648. The van der Waals surface area contributed by atoms with Gasteiger partial charge in [0.05, 0.1) is 5.60 Å². The smallest absolute Gasteiger partial charge is 0.0878 e. The molecule has 0 fully saturated rings. The van der Waals surface area contributed by atoms with Gasteiger partial charge in [-0.15, -0.1) is 0 Å². The largest absolute Gasteiger partial charge is 0.258 e. The summed E-state index contributed by atoms with van der Waals surface area (Å²) < 4.78 is 0. The van der Waals surface area contributed by atoms with Gasteiger partial charge in [-0.3, -0.25) is 4.84 Å². The molecule has 0 aromatic rings. The van der Waals surface area contributed by atoms with E-state index in [0.717, 1.165) is 12.8 Å². The lowest BCUT2D eigenvalue weighted by Crippen LogP contribution is -2.22. The second kappa shape index (κ2) is 3.05. The zero-order valence-electron chi connectivity index (χ0n) is 5.77. The molecule has 0 spiro atoms. The van der Waals surface area contributed by atoms with Crippen LogP contribution in [0.3, 0.4) is 0 Å². The molecule has 0 aromatic heterocycles. The van der Waals surface area contributed by atoms with Crippen LogP contribution in [0, 0.1) is 0 Å². The maximum Gasteiger partial charge on any atom is 0.0878 e. The van der Waals surface area contributed by atoms with Crippen molar-refractivity contribution in [2.75, 3.05) is 0 Å². The molecular formula is C6H13NO. The summed E-state index contributed by atoms with van der Waals surface area (Å²) in [5, 5.41) is 0. The molecule has 0 N–H and O–H groups in total. The van der Waals surface area contributed by atoms with Crippen LogP contribution in [0.4, 0.5) is 0 Å². The Kier molecular flexibility index (Phi) is 3.02. The molecule has 0 unspecified atom stereocenters. The highest BCUT2D eigenvalue weighted by atomic mass is 16.6. The van der Waals surface area contributed by atoms with Crippen molar-refractivity contribution in [3.63, 3.8) is 0 Å². The number of rotatable bonds is 3. The van der Waals surface area contributed by atoms with Crippen molar-refractivity contribution in [1.29, 1.82) is 0 Å². The van der Waals surface area contributed by atoms with Crippen molar-refractivity contribution in [3.05, 3.63) is 0 Å². The van der Waals surface area contributed by atoms with Gasteiger partial charge in [-0.05, 0) is 20.3 Å². The van der Waals surface area contributed by atoms with Crippen LogP contribution in [-0.4, -0.2) is 5.60 Å². The minimum Gasteiger partial charge on any atom is -0.258 e. The molecule has 2 radical (unpaired) electrons. The van der Waals surface area contributed by atoms with Crippen LogP contribution in [0.5, 0.6) is 0 Å². The molecule has 0 heterocycles. The van der Waals surface area contributed by atoms with Crippen molar-refractivity contribution in [3.8, 4) is 0 Å². The standard InChI is InChI=1S/C6H13NO/c1-4-5-6(2,3)8-7/h4-5H2,1-3H3. The zero-order valence-corrected chi connectivity index (χ0v) is 5.77. The molecule has 8 heavy (non-hydrogen) atoms. The van der Waals surface area contributed by atoms with Crippen LogP contribution in [0.1, 0.15) is 33.6 Å². The molecule has 0 aromatic carbocycles. The lowest BCUT2D eigenvalue weighted by atomic mass is 10.0. The molecule has 0 aliphatic carbocycles. The molecular weight excluding hydrogens is 102 g/mol. The summed E-state index contributed by atoms with van der Waals surface area (Å²) in [4.78, 5) is 4.18. The van der Waals surface area contributed by atoms with E-state index < -0.39 is 0 Å². The first-order chi connectivity index (χ1) is 3.62. The van der Waals surface area contributed by atoms with Crippen LogP contribution < -0.4 is 5.90 Å². The van der Waals surface area contributed by atoms with E-state index >= 15 is 0 Å². The van der Waals surface area contributed by atoms with Gasteiger partial charge in [0.15, 0.2) is 0 Å². The first kappa shape index (κ1) is 7.92. The molecule has 0 amide bonds. The van der Waals surface area contributed by atoms with E-state index in [1.165, 1.54) is 0 Å². The summed E-state index contributed by atoms with van der Waals surface area (Å²) in [6, 6.07) is 0. The van der Waals surface area contributed by atoms with E-state index in [1.54, 1.807) is 0 Å². The highest BCUT2D eigenvalue weighted by Gasteiger charge is 2.15. The van der Waals surface area contributed by atoms with Crippen LogP contribution in [0.15, 0.2) is 0 Å². The molecule has 2 nitrogen and oxygen atoms in total. The first-order valence-corrected chi connectivity index (χ1v) is 2.95. The SMILES string of the molecule is CCCC(C)(C)O[N]. The molecule has 2 heteroatoms. The van der Waals surface area contributed by atoms with Gasteiger partial charge in [0, 0.05) is 5.90 Å². The van der Waals surface area contributed by atoms with Gasteiger partial charge in [0.2, 0.25) is 0 Å². The van der Waals surface area contributed by atoms with Crippen molar-refractivity contribution in [2.45, 2.75) is 39.2 Å². The Morgan fingerprint density at radius 1 is 1.50 bits per heavy atom. The normalized spacial score (nSPS) is 12.0. The zero-order chi connectivity index (χ0) is 6.62. The Balaban J connectivity index is 3.37. The number of nitrogens with zero attached hydrogens (tertiary/aromatic N) is 1. The Bertz CT molecular complexity index is 61.5. The van der Waals surface area contributed by atoms with E-state index in [4.69, 9.17) is 5.90 Å². The molecule has 0 saturated carbocycles. The average molecular weight is 115 g/mol. The Hall–Kier alpha value is -0.0800. The molecule has 0 rings (SSSR count). The average Bonchev–Trinajstić information content (AvgIpc) is 1.67. The fourth-order valence-corrected chi connectivity index (χ4v) is 0.648. The molecule has 0 aliphatic rings. The Morgan fingerprint density at radius 2 is 2.00 bits per heavy atom. The molecule has 0 saturated heterocycles. The van der Waals surface area contributed by atoms with Crippen molar-refractivity contribution >= 4 is 0 Å². The predicted molar refractivity (Wildman–Crippen MR) is 32.2 cm³/mol. The maximum atomic E-state index is 8.23. The lowest BCUT2D eigenvalue weighted by molar-refractivity contribution is -0.0391. The van der Waals surface area contributed by atoms with Gasteiger partial charge in [0.25, 0.3) is 0 Å².